The topological polar surface area (TPSA) is 53.6 Å². The molecule has 0 aliphatic heterocycles. The lowest BCUT2D eigenvalue weighted by molar-refractivity contribution is 0.669. The van der Waals surface area contributed by atoms with Gasteiger partial charge in [-0.1, -0.05) is 11.6 Å². The number of halogens is 1. The van der Waals surface area contributed by atoms with Crippen molar-refractivity contribution < 1.29 is 0 Å². The van der Waals surface area contributed by atoms with E-state index in [1.807, 2.05) is 18.5 Å². The Balaban J connectivity index is 2.36. The fourth-order valence-corrected chi connectivity index (χ4v) is 2.31. The highest BCUT2D eigenvalue weighted by atomic mass is 35.5. The zero-order chi connectivity index (χ0) is 9.97. The summed E-state index contributed by atoms with van der Waals surface area (Å²) in [5.74, 6) is 0. The lowest BCUT2D eigenvalue weighted by atomic mass is 10.1. The van der Waals surface area contributed by atoms with E-state index in [0.717, 1.165) is 15.6 Å². The van der Waals surface area contributed by atoms with Crippen molar-refractivity contribution in [2.24, 2.45) is 0 Å². The number of thiophene rings is 1. The van der Waals surface area contributed by atoms with E-state index in [9.17, 15) is 0 Å². The van der Waals surface area contributed by atoms with Gasteiger partial charge in [0.15, 0.2) is 0 Å². The number of aromatic nitrogens is 3. The third-order valence-corrected chi connectivity index (χ3v) is 3.18. The number of hydrogen-bond acceptors (Lipinski definition) is 4. The summed E-state index contributed by atoms with van der Waals surface area (Å²) >= 11 is 7.56. The average molecular weight is 229 g/mol. The van der Waals surface area contributed by atoms with Crippen molar-refractivity contribution in [2.75, 3.05) is 7.05 Å². The minimum atomic E-state index is 0.00694. The molecule has 74 valence electrons. The lowest BCUT2D eigenvalue weighted by Crippen LogP contribution is -2.17. The van der Waals surface area contributed by atoms with E-state index in [0.29, 0.717) is 0 Å². The van der Waals surface area contributed by atoms with Crippen LogP contribution in [0.25, 0.3) is 0 Å². The average Bonchev–Trinajstić information content (AvgIpc) is 2.80. The van der Waals surface area contributed by atoms with Crippen molar-refractivity contribution in [1.29, 1.82) is 0 Å². The van der Waals surface area contributed by atoms with Gasteiger partial charge in [0, 0.05) is 5.56 Å². The predicted octanol–water partition coefficient (Wildman–Crippen LogP) is 1.83. The first kappa shape index (κ1) is 9.64. The van der Waals surface area contributed by atoms with Crippen LogP contribution in [0.4, 0.5) is 0 Å². The number of hydrogen-bond donors (Lipinski definition) is 2. The highest BCUT2D eigenvalue weighted by molar-refractivity contribution is 7.14. The van der Waals surface area contributed by atoms with E-state index in [-0.39, 0.29) is 6.04 Å². The largest absolute Gasteiger partial charge is 0.308 e. The monoisotopic (exact) mass is 228 g/mol. The number of aromatic amines is 1. The van der Waals surface area contributed by atoms with Crippen LogP contribution in [0.3, 0.4) is 0 Å². The van der Waals surface area contributed by atoms with Crippen LogP contribution in [0.2, 0.25) is 4.34 Å². The molecule has 1 atom stereocenters. The van der Waals surface area contributed by atoms with Crippen molar-refractivity contribution in [3.8, 4) is 0 Å². The van der Waals surface area contributed by atoms with Gasteiger partial charge in [0.2, 0.25) is 0 Å². The maximum absolute atomic E-state index is 6.05. The number of rotatable bonds is 3. The summed E-state index contributed by atoms with van der Waals surface area (Å²) in [5.41, 5.74) is 1.88. The van der Waals surface area contributed by atoms with Crippen LogP contribution in [-0.4, -0.2) is 22.5 Å². The fourth-order valence-electron chi connectivity index (χ4n) is 1.32. The standard InChI is InChI=1S/C8H9ClN4S/c1-10-7(6-4-11-13-12-6)5-2-3-14-8(5)9/h2-4,7,10H,1H3,(H,11,12,13). The molecule has 0 radical (unpaired) electrons. The van der Waals surface area contributed by atoms with Gasteiger partial charge in [-0.15, -0.1) is 11.3 Å². The quantitative estimate of drug-likeness (QED) is 0.843. The Morgan fingerprint density at radius 3 is 3.00 bits per heavy atom. The summed E-state index contributed by atoms with van der Waals surface area (Å²) in [7, 11) is 1.87. The van der Waals surface area contributed by atoms with E-state index in [1.165, 1.54) is 11.3 Å². The second kappa shape index (κ2) is 4.08. The van der Waals surface area contributed by atoms with Crippen molar-refractivity contribution in [2.45, 2.75) is 6.04 Å². The normalized spacial score (nSPS) is 13.0. The molecule has 2 rings (SSSR count). The molecule has 0 spiro atoms. The molecule has 6 heteroatoms. The zero-order valence-corrected chi connectivity index (χ0v) is 9.06. The van der Waals surface area contributed by atoms with Crippen molar-refractivity contribution in [1.82, 2.24) is 20.7 Å². The molecule has 2 aromatic rings. The van der Waals surface area contributed by atoms with Crippen LogP contribution in [0, 0.1) is 0 Å². The molecular formula is C8H9ClN4S. The Kier molecular flexibility index (Phi) is 2.81. The Morgan fingerprint density at radius 2 is 2.50 bits per heavy atom. The molecule has 0 saturated heterocycles. The summed E-state index contributed by atoms with van der Waals surface area (Å²) in [6.07, 6.45) is 1.69. The lowest BCUT2D eigenvalue weighted by Gasteiger charge is -2.11. The molecular weight excluding hydrogens is 220 g/mol. The van der Waals surface area contributed by atoms with Gasteiger partial charge in [-0.25, -0.2) is 0 Å². The highest BCUT2D eigenvalue weighted by Crippen LogP contribution is 2.30. The van der Waals surface area contributed by atoms with Crippen LogP contribution in [0.15, 0.2) is 17.6 Å². The molecule has 4 nitrogen and oxygen atoms in total. The fraction of sp³-hybridized carbons (Fsp3) is 0.250. The van der Waals surface area contributed by atoms with Gasteiger partial charge < -0.3 is 5.32 Å². The summed E-state index contributed by atoms with van der Waals surface area (Å²) in [6, 6.07) is 2.00. The summed E-state index contributed by atoms with van der Waals surface area (Å²) in [4.78, 5) is 0. The molecule has 0 bridgehead atoms. The van der Waals surface area contributed by atoms with Gasteiger partial charge in [-0.05, 0) is 18.5 Å². The van der Waals surface area contributed by atoms with Crippen molar-refractivity contribution >= 4 is 22.9 Å². The minimum Gasteiger partial charge on any atom is -0.308 e. The second-order valence-electron chi connectivity index (χ2n) is 2.77. The Labute approximate surface area is 90.3 Å². The molecule has 2 N–H and O–H groups in total. The van der Waals surface area contributed by atoms with Gasteiger partial charge in [0.25, 0.3) is 0 Å². The van der Waals surface area contributed by atoms with Gasteiger partial charge in [-0.2, -0.15) is 15.4 Å². The van der Waals surface area contributed by atoms with E-state index in [4.69, 9.17) is 11.6 Å². The van der Waals surface area contributed by atoms with E-state index >= 15 is 0 Å². The van der Waals surface area contributed by atoms with Crippen molar-refractivity contribution in [3.63, 3.8) is 0 Å². The van der Waals surface area contributed by atoms with Crippen molar-refractivity contribution in [3.05, 3.63) is 33.2 Å². The number of nitrogens with one attached hydrogen (secondary N) is 2. The summed E-state index contributed by atoms with van der Waals surface area (Å²) in [6.45, 7) is 0. The Morgan fingerprint density at radius 1 is 1.64 bits per heavy atom. The number of H-pyrrole nitrogens is 1. The third kappa shape index (κ3) is 1.66. The van der Waals surface area contributed by atoms with Gasteiger partial charge in [-0.3, -0.25) is 0 Å². The first-order chi connectivity index (χ1) is 6.83. The first-order valence-electron chi connectivity index (χ1n) is 4.08. The molecule has 0 fully saturated rings. The van der Waals surface area contributed by atoms with Crippen LogP contribution in [0.5, 0.6) is 0 Å². The van der Waals surface area contributed by atoms with Crippen LogP contribution >= 0.6 is 22.9 Å². The molecule has 0 aliphatic carbocycles. The Bertz CT molecular complexity index is 397. The molecule has 2 heterocycles. The Hall–Kier alpha value is -0.910. The maximum Gasteiger partial charge on any atom is 0.104 e. The molecule has 0 amide bonds. The van der Waals surface area contributed by atoms with Crippen LogP contribution in [0.1, 0.15) is 17.3 Å². The predicted molar refractivity (Wildman–Crippen MR) is 56.6 cm³/mol. The SMILES string of the molecule is CNC(c1cn[nH]n1)c1ccsc1Cl. The molecule has 14 heavy (non-hydrogen) atoms. The van der Waals surface area contributed by atoms with Crippen LogP contribution < -0.4 is 5.32 Å². The highest BCUT2D eigenvalue weighted by Gasteiger charge is 2.17. The molecule has 1 unspecified atom stereocenters. The van der Waals surface area contributed by atoms with Gasteiger partial charge in [0.1, 0.15) is 5.69 Å². The smallest absolute Gasteiger partial charge is 0.104 e. The first-order valence-corrected chi connectivity index (χ1v) is 5.34. The van der Waals surface area contributed by atoms with Gasteiger partial charge in [0.05, 0.1) is 16.6 Å². The van der Waals surface area contributed by atoms with Crippen LogP contribution in [-0.2, 0) is 0 Å². The summed E-state index contributed by atoms with van der Waals surface area (Å²) < 4.78 is 0.785. The number of nitrogens with zero attached hydrogens (tertiary/aromatic N) is 2. The molecule has 0 saturated carbocycles. The van der Waals surface area contributed by atoms with E-state index in [2.05, 4.69) is 20.7 Å². The molecule has 0 aromatic carbocycles. The van der Waals surface area contributed by atoms with Gasteiger partial charge >= 0.3 is 0 Å². The molecule has 2 aromatic heterocycles. The zero-order valence-electron chi connectivity index (χ0n) is 7.49. The van der Waals surface area contributed by atoms with E-state index in [1.54, 1.807) is 6.20 Å². The minimum absolute atomic E-state index is 0.00694. The second-order valence-corrected chi connectivity index (χ2v) is 4.28. The third-order valence-electron chi connectivity index (χ3n) is 1.98. The maximum atomic E-state index is 6.05. The summed E-state index contributed by atoms with van der Waals surface area (Å²) in [5, 5.41) is 15.5. The van der Waals surface area contributed by atoms with E-state index < -0.39 is 0 Å². The molecule has 0 aliphatic rings.